The monoisotopic (exact) mass is 478 g/mol. The molecule has 0 radical (unpaired) electrons. The molecule has 3 aromatic rings. The quantitative estimate of drug-likeness (QED) is 0.550. The van der Waals surface area contributed by atoms with Crippen LogP contribution in [0.15, 0.2) is 44.0 Å². The first-order chi connectivity index (χ1) is 15.0. The molecule has 0 saturated carbocycles. The first-order valence-corrected chi connectivity index (χ1v) is 13.2. The van der Waals surface area contributed by atoms with Crippen LogP contribution in [0, 0.1) is 5.92 Å². The van der Waals surface area contributed by atoms with E-state index in [0.29, 0.717) is 48.4 Å². The number of hydrogen-bond donors (Lipinski definition) is 0. The predicted octanol–water partition coefficient (Wildman–Crippen LogP) is 3.49. The van der Waals surface area contributed by atoms with E-state index in [9.17, 15) is 8.42 Å². The van der Waals surface area contributed by atoms with Crippen molar-refractivity contribution in [2.24, 2.45) is 5.92 Å². The molecule has 0 aromatic carbocycles. The Hall–Kier alpha value is -1.79. The molecule has 0 spiro atoms. The van der Waals surface area contributed by atoms with E-state index in [1.165, 1.54) is 39.1 Å². The Balaban J connectivity index is 1.29. The lowest BCUT2D eigenvalue weighted by Gasteiger charge is -2.25. The molecular weight excluding hydrogens is 456 g/mol. The molecule has 0 bridgehead atoms. The van der Waals surface area contributed by atoms with Gasteiger partial charge in [-0.15, -0.1) is 21.5 Å². The second-order valence-electron chi connectivity index (χ2n) is 7.73. The van der Waals surface area contributed by atoms with Crippen LogP contribution in [-0.4, -0.2) is 54.2 Å². The number of aryl methyl sites for hydroxylation is 1. The second-order valence-corrected chi connectivity index (χ2v) is 11.8. The van der Waals surface area contributed by atoms with Crippen LogP contribution in [0.4, 0.5) is 0 Å². The Morgan fingerprint density at radius 2 is 2.06 bits per heavy atom. The van der Waals surface area contributed by atoms with Gasteiger partial charge in [0.2, 0.25) is 10.0 Å². The van der Waals surface area contributed by atoms with Crippen molar-refractivity contribution < 1.29 is 17.6 Å². The Kier molecular flexibility index (Phi) is 5.86. The molecule has 4 heterocycles. The van der Waals surface area contributed by atoms with Gasteiger partial charge in [0.25, 0.3) is 11.1 Å². The molecule has 8 nitrogen and oxygen atoms in total. The number of ether oxygens (including phenoxy) is 1. The maximum atomic E-state index is 12.7. The van der Waals surface area contributed by atoms with Crippen LogP contribution in [0.2, 0.25) is 0 Å². The summed E-state index contributed by atoms with van der Waals surface area (Å²) in [6.07, 6.45) is 4.81. The number of sulfonamides is 1. The van der Waals surface area contributed by atoms with Crippen molar-refractivity contribution >= 4 is 33.1 Å². The molecule has 164 valence electrons. The fraction of sp³-hybridized carbons (Fsp3) is 0.450. The molecule has 1 atom stereocenters. The van der Waals surface area contributed by atoms with Gasteiger partial charge in [0, 0.05) is 24.2 Å². The number of fused-ring (bicyclic) bond motifs is 1. The molecule has 1 aliphatic heterocycles. The van der Waals surface area contributed by atoms with Crippen molar-refractivity contribution in [3.8, 4) is 10.8 Å². The number of thiophene rings is 1. The summed E-state index contributed by atoms with van der Waals surface area (Å²) in [5.74, 6) is 1.23. The summed E-state index contributed by atoms with van der Waals surface area (Å²) in [5.41, 5.74) is 1.39. The van der Waals surface area contributed by atoms with E-state index in [1.54, 1.807) is 23.5 Å². The standard InChI is InChI=1S/C20H22N4O4S3/c1-13-2-4-16-14(10-13)11-17(29-16)19-22-23-20(28-19)30-18-5-3-15(12-21-18)31(25,26)24-6-8-27-9-7-24/h3,5,11-13H,2,4,6-10H2,1H3. The minimum atomic E-state index is -3.56. The Morgan fingerprint density at radius 3 is 2.84 bits per heavy atom. The van der Waals surface area contributed by atoms with Gasteiger partial charge in [-0.1, -0.05) is 6.92 Å². The fourth-order valence-corrected chi connectivity index (χ4v) is 6.87. The minimum Gasteiger partial charge on any atom is -0.410 e. The first-order valence-electron chi connectivity index (χ1n) is 10.2. The highest BCUT2D eigenvalue weighted by Gasteiger charge is 2.27. The number of hydrogen-bond acceptors (Lipinski definition) is 9. The number of nitrogens with zero attached hydrogens (tertiary/aromatic N) is 4. The van der Waals surface area contributed by atoms with Crippen LogP contribution in [0.3, 0.4) is 0 Å². The number of morpholine rings is 1. The van der Waals surface area contributed by atoms with Gasteiger partial charge >= 0.3 is 0 Å². The van der Waals surface area contributed by atoms with Gasteiger partial charge in [-0.2, -0.15) is 4.31 Å². The van der Waals surface area contributed by atoms with E-state index in [1.807, 2.05) is 0 Å². The Bertz CT molecular complexity index is 1170. The fourth-order valence-electron chi connectivity index (χ4n) is 3.77. The summed E-state index contributed by atoms with van der Waals surface area (Å²) >= 11 is 2.94. The van der Waals surface area contributed by atoms with E-state index in [0.717, 1.165) is 17.7 Å². The molecule has 3 aromatic heterocycles. The zero-order valence-corrected chi connectivity index (χ0v) is 19.4. The van der Waals surface area contributed by atoms with E-state index >= 15 is 0 Å². The molecule has 31 heavy (non-hydrogen) atoms. The van der Waals surface area contributed by atoms with Crippen molar-refractivity contribution in [2.75, 3.05) is 26.3 Å². The molecule has 0 N–H and O–H groups in total. The van der Waals surface area contributed by atoms with E-state index in [-0.39, 0.29) is 4.90 Å². The molecule has 5 rings (SSSR count). The maximum absolute atomic E-state index is 12.7. The van der Waals surface area contributed by atoms with Gasteiger partial charge in [0.05, 0.1) is 18.1 Å². The Labute approximate surface area is 189 Å². The lowest BCUT2D eigenvalue weighted by atomic mass is 9.90. The molecule has 0 amide bonds. The summed E-state index contributed by atoms with van der Waals surface area (Å²) in [6.45, 7) is 3.81. The van der Waals surface area contributed by atoms with Crippen molar-refractivity contribution in [1.82, 2.24) is 19.5 Å². The third-order valence-corrected chi connectivity index (χ3v) is 9.35. The zero-order chi connectivity index (χ0) is 21.4. The van der Waals surface area contributed by atoms with Crippen LogP contribution in [0.25, 0.3) is 10.8 Å². The topological polar surface area (TPSA) is 98.4 Å². The highest BCUT2D eigenvalue weighted by atomic mass is 32.2. The predicted molar refractivity (Wildman–Crippen MR) is 117 cm³/mol. The smallest absolute Gasteiger partial charge is 0.283 e. The first kappa shape index (κ1) is 21.1. The lowest BCUT2D eigenvalue weighted by Crippen LogP contribution is -2.40. The van der Waals surface area contributed by atoms with Crippen LogP contribution in [-0.2, 0) is 27.6 Å². The third-order valence-electron chi connectivity index (χ3n) is 5.46. The Morgan fingerprint density at radius 1 is 1.23 bits per heavy atom. The van der Waals surface area contributed by atoms with Gasteiger partial charge in [-0.3, -0.25) is 0 Å². The van der Waals surface area contributed by atoms with Crippen molar-refractivity contribution in [3.05, 3.63) is 34.8 Å². The molecule has 1 unspecified atom stereocenters. The largest absolute Gasteiger partial charge is 0.410 e. The number of pyridine rings is 1. The van der Waals surface area contributed by atoms with Gasteiger partial charge in [-0.25, -0.2) is 13.4 Å². The highest BCUT2D eigenvalue weighted by molar-refractivity contribution is 7.99. The van der Waals surface area contributed by atoms with Gasteiger partial charge in [0.1, 0.15) is 9.92 Å². The highest BCUT2D eigenvalue weighted by Crippen LogP contribution is 2.38. The number of aromatic nitrogens is 3. The molecule has 11 heteroatoms. The molecule has 1 aliphatic carbocycles. The van der Waals surface area contributed by atoms with E-state index in [4.69, 9.17) is 9.15 Å². The van der Waals surface area contributed by atoms with Crippen molar-refractivity contribution in [3.63, 3.8) is 0 Å². The molecular formula is C20H22N4O4S3. The summed E-state index contributed by atoms with van der Waals surface area (Å²) in [6, 6.07) is 5.39. The van der Waals surface area contributed by atoms with Crippen LogP contribution in [0.5, 0.6) is 0 Å². The van der Waals surface area contributed by atoms with Crippen LogP contribution >= 0.6 is 23.1 Å². The third kappa shape index (κ3) is 4.42. The normalized spacial score (nSPS) is 20.0. The van der Waals surface area contributed by atoms with Gasteiger partial charge < -0.3 is 9.15 Å². The lowest BCUT2D eigenvalue weighted by molar-refractivity contribution is 0.0730. The van der Waals surface area contributed by atoms with Gasteiger partial charge in [-0.05, 0) is 60.7 Å². The summed E-state index contributed by atoms with van der Waals surface area (Å²) < 4.78 is 37.9. The molecule has 1 saturated heterocycles. The van der Waals surface area contributed by atoms with Crippen LogP contribution in [0.1, 0.15) is 23.8 Å². The van der Waals surface area contributed by atoms with E-state index < -0.39 is 10.0 Å². The minimum absolute atomic E-state index is 0.170. The zero-order valence-electron chi connectivity index (χ0n) is 17.0. The van der Waals surface area contributed by atoms with E-state index in [2.05, 4.69) is 28.2 Å². The number of rotatable bonds is 5. The van der Waals surface area contributed by atoms with Gasteiger partial charge in [0.15, 0.2) is 0 Å². The SMILES string of the molecule is CC1CCc2sc(-c3nnc(Sc4ccc(S(=O)(=O)N5CCOCC5)cn4)o3)cc2C1. The summed E-state index contributed by atoms with van der Waals surface area (Å²) in [5, 5.41) is 9.29. The van der Waals surface area contributed by atoms with Crippen LogP contribution < -0.4 is 0 Å². The summed E-state index contributed by atoms with van der Waals surface area (Å²) in [4.78, 5) is 6.86. The second kappa shape index (κ2) is 8.62. The van der Waals surface area contributed by atoms with Crippen molar-refractivity contribution in [1.29, 1.82) is 0 Å². The maximum Gasteiger partial charge on any atom is 0.283 e. The average molecular weight is 479 g/mol. The molecule has 1 fully saturated rings. The van der Waals surface area contributed by atoms with Crippen molar-refractivity contribution in [2.45, 2.75) is 41.3 Å². The summed E-state index contributed by atoms with van der Waals surface area (Å²) in [7, 11) is -3.56. The average Bonchev–Trinajstić information content (AvgIpc) is 3.41. The molecule has 2 aliphatic rings.